The molecule has 1 unspecified atom stereocenters. The number of carbonyl (C=O) groups is 1. The number of halogens is 2. The first-order valence-electron chi connectivity index (χ1n) is 4.77. The summed E-state index contributed by atoms with van der Waals surface area (Å²) in [6.45, 7) is 0.293. The summed E-state index contributed by atoms with van der Waals surface area (Å²) in [6, 6.07) is 8.65. The van der Waals surface area contributed by atoms with E-state index in [1.165, 1.54) is 0 Å². The van der Waals surface area contributed by atoms with Gasteiger partial charge in [0.15, 0.2) is 0 Å². The van der Waals surface area contributed by atoms with E-state index in [0.717, 1.165) is 0 Å². The highest BCUT2D eigenvalue weighted by atomic mass is 35.5. The van der Waals surface area contributed by atoms with Crippen molar-refractivity contribution in [1.82, 2.24) is 0 Å². The van der Waals surface area contributed by atoms with Gasteiger partial charge in [0, 0.05) is 5.88 Å². The molecule has 16 heavy (non-hydrogen) atoms. The lowest BCUT2D eigenvalue weighted by Gasteiger charge is -2.15. The van der Waals surface area contributed by atoms with Gasteiger partial charge in [0.25, 0.3) is 0 Å². The van der Waals surface area contributed by atoms with Crippen molar-refractivity contribution < 1.29 is 14.3 Å². The molecule has 1 aromatic rings. The Morgan fingerprint density at radius 2 is 1.94 bits per heavy atom. The number of hydrogen-bond acceptors (Lipinski definition) is 3. The third kappa shape index (κ3) is 4.39. The molecular formula is C11H12Cl2O3. The maximum Gasteiger partial charge on any atom is 0.340 e. The number of carbonyl (C=O) groups excluding carboxylic acids is 1. The summed E-state index contributed by atoms with van der Waals surface area (Å²) in [5, 5.41) is 0. The van der Waals surface area contributed by atoms with E-state index in [1.807, 2.05) is 6.07 Å². The highest BCUT2D eigenvalue weighted by Crippen LogP contribution is 2.06. The Labute approximate surface area is 104 Å². The Morgan fingerprint density at radius 1 is 1.25 bits per heavy atom. The molecule has 0 aliphatic carbocycles. The quantitative estimate of drug-likeness (QED) is 0.449. The summed E-state index contributed by atoms with van der Waals surface area (Å²) in [5.74, 6) is -0.0491. The summed E-state index contributed by atoms with van der Waals surface area (Å²) in [5.41, 5.74) is 0.465. The minimum Gasteiger partial charge on any atom is -0.431 e. The van der Waals surface area contributed by atoms with E-state index < -0.39 is 12.3 Å². The number of alkyl halides is 2. The molecule has 1 rings (SSSR count). The lowest BCUT2D eigenvalue weighted by atomic mass is 10.2. The molecule has 1 atom stereocenters. The van der Waals surface area contributed by atoms with Crippen LogP contribution in [-0.4, -0.2) is 30.6 Å². The van der Waals surface area contributed by atoms with Gasteiger partial charge in [-0.1, -0.05) is 18.2 Å². The summed E-state index contributed by atoms with van der Waals surface area (Å²) < 4.78 is 10.2. The van der Waals surface area contributed by atoms with Crippen molar-refractivity contribution in [3.63, 3.8) is 0 Å². The van der Waals surface area contributed by atoms with Crippen LogP contribution >= 0.6 is 23.2 Å². The van der Waals surface area contributed by atoms with Crippen LogP contribution in [0.1, 0.15) is 10.4 Å². The molecule has 0 saturated heterocycles. The van der Waals surface area contributed by atoms with Gasteiger partial charge in [-0.3, -0.25) is 0 Å². The van der Waals surface area contributed by atoms with Gasteiger partial charge >= 0.3 is 5.97 Å². The Bertz CT molecular complexity index is 316. The van der Waals surface area contributed by atoms with Crippen LogP contribution in [0.2, 0.25) is 0 Å². The lowest BCUT2D eigenvalue weighted by Crippen LogP contribution is -2.24. The van der Waals surface area contributed by atoms with E-state index in [4.69, 9.17) is 32.7 Å². The van der Waals surface area contributed by atoms with Gasteiger partial charge in [-0.2, -0.15) is 0 Å². The molecule has 0 spiro atoms. The van der Waals surface area contributed by atoms with Crippen molar-refractivity contribution in [2.75, 3.05) is 18.4 Å². The monoisotopic (exact) mass is 262 g/mol. The predicted octanol–water partition coefficient (Wildman–Crippen LogP) is 2.66. The minimum absolute atomic E-state index is 0.0788. The second kappa shape index (κ2) is 7.49. The molecule has 5 heteroatoms. The SMILES string of the molecule is O=C(OC(CCl)OCCCl)c1ccccc1. The van der Waals surface area contributed by atoms with Crippen LogP contribution < -0.4 is 0 Å². The molecule has 0 aliphatic heterocycles. The van der Waals surface area contributed by atoms with Gasteiger partial charge in [0.1, 0.15) is 0 Å². The van der Waals surface area contributed by atoms with Gasteiger partial charge in [-0.05, 0) is 12.1 Å². The number of benzene rings is 1. The highest BCUT2D eigenvalue weighted by Gasteiger charge is 2.14. The third-order valence-corrected chi connectivity index (χ3v) is 2.16. The van der Waals surface area contributed by atoms with Gasteiger partial charge in [-0.25, -0.2) is 4.79 Å². The van der Waals surface area contributed by atoms with Crippen molar-refractivity contribution >= 4 is 29.2 Å². The van der Waals surface area contributed by atoms with Crippen molar-refractivity contribution in [2.45, 2.75) is 6.29 Å². The summed E-state index contributed by atoms with van der Waals surface area (Å²) >= 11 is 11.0. The zero-order chi connectivity index (χ0) is 11.8. The van der Waals surface area contributed by atoms with Crippen molar-refractivity contribution in [1.29, 1.82) is 0 Å². The van der Waals surface area contributed by atoms with Crippen LogP contribution in [0.5, 0.6) is 0 Å². The van der Waals surface area contributed by atoms with Crippen LogP contribution in [0.25, 0.3) is 0 Å². The molecular weight excluding hydrogens is 251 g/mol. The molecule has 0 aliphatic rings. The van der Waals surface area contributed by atoms with E-state index in [-0.39, 0.29) is 5.88 Å². The summed E-state index contributed by atoms with van der Waals surface area (Å²) in [4.78, 5) is 11.6. The molecule has 0 aromatic heterocycles. The fraction of sp³-hybridized carbons (Fsp3) is 0.364. The average molecular weight is 263 g/mol. The van der Waals surface area contributed by atoms with Crippen LogP contribution in [0.3, 0.4) is 0 Å². The van der Waals surface area contributed by atoms with Crippen LogP contribution in [0.4, 0.5) is 0 Å². The molecule has 1 aromatic carbocycles. The molecule has 0 fully saturated rings. The molecule has 88 valence electrons. The van der Waals surface area contributed by atoms with Crippen molar-refractivity contribution in [3.05, 3.63) is 35.9 Å². The predicted molar refractivity (Wildman–Crippen MR) is 63.0 cm³/mol. The highest BCUT2D eigenvalue weighted by molar-refractivity contribution is 6.18. The molecule has 3 nitrogen and oxygen atoms in total. The fourth-order valence-electron chi connectivity index (χ4n) is 1.05. The maximum atomic E-state index is 11.6. The standard InChI is InChI=1S/C11H12Cl2O3/c12-6-7-15-10(8-13)16-11(14)9-4-2-1-3-5-9/h1-5,10H,6-8H2. The van der Waals surface area contributed by atoms with Crippen molar-refractivity contribution in [2.24, 2.45) is 0 Å². The second-order valence-corrected chi connectivity index (χ2v) is 3.60. The van der Waals surface area contributed by atoms with Gasteiger partial charge < -0.3 is 9.47 Å². The van der Waals surface area contributed by atoms with E-state index in [1.54, 1.807) is 24.3 Å². The first kappa shape index (κ1) is 13.3. The average Bonchev–Trinajstić information content (AvgIpc) is 2.35. The Kier molecular flexibility index (Phi) is 6.23. The summed E-state index contributed by atoms with van der Waals surface area (Å²) in [6.07, 6.45) is -0.756. The van der Waals surface area contributed by atoms with Crippen LogP contribution in [-0.2, 0) is 9.47 Å². The first-order valence-corrected chi connectivity index (χ1v) is 5.84. The molecule has 0 saturated carbocycles. The molecule has 0 radical (unpaired) electrons. The molecule has 0 N–H and O–H groups in total. The zero-order valence-electron chi connectivity index (χ0n) is 8.57. The van der Waals surface area contributed by atoms with Gasteiger partial charge in [0.05, 0.1) is 18.1 Å². The molecule has 0 bridgehead atoms. The zero-order valence-corrected chi connectivity index (χ0v) is 10.1. The minimum atomic E-state index is -0.756. The van der Waals surface area contributed by atoms with E-state index >= 15 is 0 Å². The van der Waals surface area contributed by atoms with E-state index in [2.05, 4.69) is 0 Å². The smallest absolute Gasteiger partial charge is 0.340 e. The van der Waals surface area contributed by atoms with Crippen molar-refractivity contribution in [3.8, 4) is 0 Å². The normalized spacial score (nSPS) is 12.1. The second-order valence-electron chi connectivity index (χ2n) is 2.91. The molecule has 0 heterocycles. The number of ether oxygens (including phenoxy) is 2. The van der Waals surface area contributed by atoms with Crippen LogP contribution in [0, 0.1) is 0 Å². The van der Waals surface area contributed by atoms with Gasteiger partial charge in [-0.15, -0.1) is 23.2 Å². The topological polar surface area (TPSA) is 35.5 Å². The lowest BCUT2D eigenvalue weighted by molar-refractivity contribution is -0.0913. The molecule has 0 amide bonds. The largest absolute Gasteiger partial charge is 0.431 e. The third-order valence-electron chi connectivity index (χ3n) is 1.75. The Hall–Kier alpha value is -0.770. The van der Waals surface area contributed by atoms with Gasteiger partial charge in [0.2, 0.25) is 6.29 Å². The Morgan fingerprint density at radius 3 is 2.50 bits per heavy atom. The maximum absolute atomic E-state index is 11.6. The number of esters is 1. The van der Waals surface area contributed by atoms with Crippen LogP contribution in [0.15, 0.2) is 30.3 Å². The van der Waals surface area contributed by atoms with E-state index in [0.29, 0.717) is 18.1 Å². The summed E-state index contributed by atoms with van der Waals surface area (Å²) in [7, 11) is 0. The number of rotatable bonds is 6. The number of hydrogen-bond donors (Lipinski definition) is 0. The Balaban J connectivity index is 2.49. The first-order chi connectivity index (χ1) is 7.77. The fourth-order valence-corrected chi connectivity index (χ4v) is 1.29. The van der Waals surface area contributed by atoms with E-state index in [9.17, 15) is 4.79 Å².